The molecule has 1 unspecified atom stereocenters. The van der Waals surface area contributed by atoms with Crippen LogP contribution in [0.15, 0.2) is 61.7 Å². The van der Waals surface area contributed by atoms with Crippen molar-refractivity contribution in [1.82, 2.24) is 4.98 Å². The summed E-state index contributed by atoms with van der Waals surface area (Å²) >= 11 is 4.75. The number of ether oxygens (including phenoxy) is 2. The van der Waals surface area contributed by atoms with Crippen molar-refractivity contribution in [3.8, 4) is 11.5 Å². The lowest BCUT2D eigenvalue weighted by molar-refractivity contribution is 0.0971. The van der Waals surface area contributed by atoms with Crippen LogP contribution in [0.5, 0.6) is 11.5 Å². The maximum atomic E-state index is 13.7. The number of nitrogens with zero attached hydrogens (tertiary/aromatic N) is 2. The number of carbonyl (C=O) groups excluding carboxylic acids is 1. The lowest BCUT2D eigenvalue weighted by Crippen LogP contribution is -2.29. The third kappa shape index (κ3) is 4.23. The number of rotatable bonds is 8. The lowest BCUT2D eigenvalue weighted by atomic mass is 9.98. The number of anilines is 1. The van der Waals surface area contributed by atoms with E-state index in [0.717, 1.165) is 17.3 Å². The first-order valence-electron chi connectivity index (χ1n) is 11.4. The molecule has 4 aromatic rings. The van der Waals surface area contributed by atoms with Crippen LogP contribution in [-0.2, 0) is 0 Å². The van der Waals surface area contributed by atoms with Crippen LogP contribution in [-0.4, -0.2) is 24.1 Å². The molecule has 5 rings (SSSR count). The molecule has 35 heavy (non-hydrogen) atoms. The summed E-state index contributed by atoms with van der Waals surface area (Å²) < 4.78 is 18.6. The van der Waals surface area contributed by atoms with Crippen molar-refractivity contribution in [1.29, 1.82) is 0 Å². The second-order valence-corrected chi connectivity index (χ2v) is 9.84. The first kappa shape index (κ1) is 23.6. The van der Waals surface area contributed by atoms with Gasteiger partial charge in [0, 0.05) is 16.0 Å². The summed E-state index contributed by atoms with van der Waals surface area (Å²) in [5.74, 6) is 0.826. The van der Waals surface area contributed by atoms with E-state index in [1.807, 2.05) is 25.1 Å². The Bertz CT molecular complexity index is 1450. The Kier molecular flexibility index (Phi) is 6.62. The Morgan fingerprint density at radius 2 is 1.97 bits per heavy atom. The Balaban J connectivity index is 1.70. The number of thiazole rings is 1. The fourth-order valence-corrected chi connectivity index (χ4v) is 5.23. The highest BCUT2D eigenvalue weighted by molar-refractivity contribution is 9.10. The largest absolute Gasteiger partial charge is 0.490 e. The van der Waals surface area contributed by atoms with Crippen LogP contribution < -0.4 is 19.8 Å². The molecule has 1 aliphatic heterocycles. The van der Waals surface area contributed by atoms with Gasteiger partial charge in [-0.3, -0.25) is 14.5 Å². The topological polar surface area (TPSA) is 81.9 Å². The summed E-state index contributed by atoms with van der Waals surface area (Å²) in [7, 11) is 0. The highest BCUT2D eigenvalue weighted by Crippen LogP contribution is 2.44. The van der Waals surface area contributed by atoms with E-state index in [-0.39, 0.29) is 16.8 Å². The minimum atomic E-state index is -0.716. The van der Waals surface area contributed by atoms with E-state index < -0.39 is 11.9 Å². The first-order valence-corrected chi connectivity index (χ1v) is 13.1. The van der Waals surface area contributed by atoms with E-state index in [9.17, 15) is 9.59 Å². The highest BCUT2D eigenvalue weighted by atomic mass is 79.9. The summed E-state index contributed by atoms with van der Waals surface area (Å²) in [4.78, 5) is 33.2. The van der Waals surface area contributed by atoms with Crippen LogP contribution in [0.4, 0.5) is 5.13 Å². The van der Waals surface area contributed by atoms with E-state index in [4.69, 9.17) is 13.9 Å². The molecule has 0 saturated carbocycles. The molecule has 2 aromatic carbocycles. The quantitative estimate of drug-likeness (QED) is 0.236. The van der Waals surface area contributed by atoms with Gasteiger partial charge in [0.2, 0.25) is 5.76 Å². The first-order chi connectivity index (χ1) is 17.0. The van der Waals surface area contributed by atoms with Gasteiger partial charge in [-0.1, -0.05) is 35.3 Å². The molecule has 0 radical (unpaired) electrons. The van der Waals surface area contributed by atoms with Crippen LogP contribution in [0, 0.1) is 0 Å². The normalized spacial score (nSPS) is 15.0. The van der Waals surface area contributed by atoms with Crippen molar-refractivity contribution in [3.63, 3.8) is 0 Å². The number of fused-ring (bicyclic) bond motifs is 2. The van der Waals surface area contributed by atoms with Gasteiger partial charge in [-0.25, -0.2) is 4.98 Å². The number of benzene rings is 2. The second kappa shape index (κ2) is 9.83. The molecule has 0 aliphatic carbocycles. The summed E-state index contributed by atoms with van der Waals surface area (Å²) in [5.41, 5.74) is 1.11. The molecule has 2 aromatic heterocycles. The SMILES string of the molecule is CCCCOc1ccc(C2c3c(oc4ccc(Br)cc4c3=O)C(=O)N2c2nccs2)cc1OCC. The van der Waals surface area contributed by atoms with Crippen molar-refractivity contribution in [2.75, 3.05) is 18.1 Å². The minimum Gasteiger partial charge on any atom is -0.490 e. The van der Waals surface area contributed by atoms with Crippen molar-refractivity contribution < 1.29 is 18.7 Å². The number of aromatic nitrogens is 1. The van der Waals surface area contributed by atoms with Gasteiger partial charge < -0.3 is 13.9 Å². The Labute approximate surface area is 214 Å². The van der Waals surface area contributed by atoms with Crippen LogP contribution in [0.2, 0.25) is 0 Å². The lowest BCUT2D eigenvalue weighted by Gasteiger charge is -2.23. The second-order valence-electron chi connectivity index (χ2n) is 8.05. The van der Waals surface area contributed by atoms with E-state index in [2.05, 4.69) is 27.8 Å². The summed E-state index contributed by atoms with van der Waals surface area (Å²) in [5, 5.41) is 2.68. The number of unbranched alkanes of at least 4 members (excludes halogenated alkanes) is 1. The summed E-state index contributed by atoms with van der Waals surface area (Å²) in [6.45, 7) is 5.03. The maximum absolute atomic E-state index is 13.7. The molecule has 0 bridgehead atoms. The zero-order valence-electron chi connectivity index (χ0n) is 19.2. The molecule has 0 fully saturated rings. The van der Waals surface area contributed by atoms with Crippen LogP contribution in [0.25, 0.3) is 11.0 Å². The zero-order chi connectivity index (χ0) is 24.5. The summed E-state index contributed by atoms with van der Waals surface area (Å²) in [6, 6.07) is 9.99. The molecule has 0 saturated heterocycles. The van der Waals surface area contributed by atoms with E-state index >= 15 is 0 Å². The number of hydrogen-bond acceptors (Lipinski definition) is 7. The molecule has 9 heteroatoms. The van der Waals surface area contributed by atoms with Crippen molar-refractivity contribution >= 4 is 49.3 Å². The molecule has 1 aliphatic rings. The molecule has 180 valence electrons. The van der Waals surface area contributed by atoms with Crippen molar-refractivity contribution in [2.45, 2.75) is 32.7 Å². The molecular weight excluding hydrogens is 532 g/mol. The Morgan fingerprint density at radius 3 is 2.71 bits per heavy atom. The van der Waals surface area contributed by atoms with Crippen LogP contribution >= 0.6 is 27.3 Å². The van der Waals surface area contributed by atoms with Gasteiger partial charge >= 0.3 is 0 Å². The Hall–Kier alpha value is -3.17. The van der Waals surface area contributed by atoms with Crippen LogP contribution in [0.1, 0.15) is 54.4 Å². The third-order valence-electron chi connectivity index (χ3n) is 5.80. The van der Waals surface area contributed by atoms with Gasteiger partial charge in [-0.05, 0) is 49.2 Å². The molecule has 1 amide bonds. The zero-order valence-corrected chi connectivity index (χ0v) is 21.6. The van der Waals surface area contributed by atoms with E-state index in [1.165, 1.54) is 16.2 Å². The number of hydrogen-bond donors (Lipinski definition) is 0. The van der Waals surface area contributed by atoms with E-state index in [1.54, 1.807) is 29.8 Å². The standard InChI is InChI=1S/C26H23BrN2O5S/c1-3-5-11-33-19-8-6-15(13-20(19)32-4-2)22-21-23(30)17-14-16(27)7-9-18(17)34-24(21)25(31)29(22)26-28-10-12-35-26/h6-10,12-14,22H,3-5,11H2,1-2H3. The highest BCUT2D eigenvalue weighted by Gasteiger charge is 2.45. The smallest absolute Gasteiger partial charge is 0.297 e. The van der Waals surface area contributed by atoms with Gasteiger partial charge in [0.15, 0.2) is 22.1 Å². The van der Waals surface area contributed by atoms with Crippen molar-refractivity contribution in [3.05, 3.63) is 79.6 Å². The molecule has 3 heterocycles. The number of carbonyl (C=O) groups is 1. The molecular formula is C26H23BrN2O5S. The fraction of sp³-hybridized carbons (Fsp3) is 0.269. The number of amides is 1. The third-order valence-corrected chi connectivity index (χ3v) is 7.06. The fourth-order valence-electron chi connectivity index (χ4n) is 4.20. The average Bonchev–Trinajstić information content (AvgIpc) is 3.47. The van der Waals surface area contributed by atoms with Gasteiger partial charge in [-0.2, -0.15) is 0 Å². The predicted molar refractivity (Wildman–Crippen MR) is 139 cm³/mol. The minimum absolute atomic E-state index is 0.0336. The predicted octanol–water partition coefficient (Wildman–Crippen LogP) is 6.34. The number of halogens is 1. The Morgan fingerprint density at radius 1 is 1.11 bits per heavy atom. The molecule has 0 N–H and O–H groups in total. The molecule has 0 spiro atoms. The van der Waals surface area contributed by atoms with Gasteiger partial charge in [0.25, 0.3) is 5.91 Å². The molecule has 1 atom stereocenters. The monoisotopic (exact) mass is 554 g/mol. The van der Waals surface area contributed by atoms with E-state index in [0.29, 0.717) is 46.4 Å². The molecule has 7 nitrogen and oxygen atoms in total. The van der Waals surface area contributed by atoms with Gasteiger partial charge in [0.1, 0.15) is 5.58 Å². The maximum Gasteiger partial charge on any atom is 0.297 e. The van der Waals surface area contributed by atoms with Gasteiger partial charge in [-0.15, -0.1) is 11.3 Å². The van der Waals surface area contributed by atoms with Gasteiger partial charge in [0.05, 0.1) is 30.2 Å². The average molecular weight is 555 g/mol. The van der Waals surface area contributed by atoms with Crippen LogP contribution in [0.3, 0.4) is 0 Å². The van der Waals surface area contributed by atoms with Crippen molar-refractivity contribution in [2.24, 2.45) is 0 Å². The summed E-state index contributed by atoms with van der Waals surface area (Å²) in [6.07, 6.45) is 3.58.